The minimum absolute atomic E-state index is 0.185. The van der Waals surface area contributed by atoms with E-state index in [-0.39, 0.29) is 5.75 Å². The molecule has 6 nitrogen and oxygen atoms in total. The highest BCUT2D eigenvalue weighted by molar-refractivity contribution is 5.73. The molecule has 0 aliphatic heterocycles. The molecule has 132 valence electrons. The zero-order chi connectivity index (χ0) is 18.5. The quantitative estimate of drug-likeness (QED) is 0.497. The molecule has 0 saturated carbocycles. The van der Waals surface area contributed by atoms with Crippen LogP contribution in [0.15, 0.2) is 70.9 Å². The van der Waals surface area contributed by atoms with Crippen LogP contribution < -0.4 is 15.2 Å². The number of anilines is 1. The average Bonchev–Trinajstić information content (AvgIpc) is 2.68. The molecule has 0 radical (unpaired) electrons. The van der Waals surface area contributed by atoms with E-state index in [1.807, 2.05) is 30.3 Å². The minimum Gasteiger partial charge on any atom is -0.508 e. The Morgan fingerprint density at radius 2 is 1.38 bits per heavy atom. The van der Waals surface area contributed by atoms with Gasteiger partial charge in [-0.05, 0) is 59.7 Å². The number of hydrogen-bond acceptors (Lipinski definition) is 6. The van der Waals surface area contributed by atoms with Gasteiger partial charge in [-0.3, -0.25) is 0 Å². The average molecular weight is 349 g/mol. The van der Waals surface area contributed by atoms with Crippen molar-refractivity contribution in [1.29, 1.82) is 0 Å². The van der Waals surface area contributed by atoms with Crippen LogP contribution in [0.5, 0.6) is 17.2 Å². The van der Waals surface area contributed by atoms with Crippen LogP contribution in [0.2, 0.25) is 0 Å². The number of aromatic hydroxyl groups is 1. The van der Waals surface area contributed by atoms with Gasteiger partial charge in [-0.1, -0.05) is 12.1 Å². The molecule has 0 bridgehead atoms. The second-order valence-electron chi connectivity index (χ2n) is 5.56. The first-order chi connectivity index (χ1) is 12.6. The summed E-state index contributed by atoms with van der Waals surface area (Å²) in [6.07, 6.45) is 0. The van der Waals surface area contributed by atoms with Crippen molar-refractivity contribution in [3.05, 3.63) is 60.7 Å². The fourth-order valence-electron chi connectivity index (χ4n) is 2.46. The Kier molecular flexibility index (Phi) is 5.03. The maximum atomic E-state index is 9.31. The lowest BCUT2D eigenvalue weighted by atomic mass is 10.0. The summed E-state index contributed by atoms with van der Waals surface area (Å²) in [6, 6.07) is 17.7. The van der Waals surface area contributed by atoms with Crippen LogP contribution in [0.4, 0.5) is 17.1 Å². The normalized spacial score (nSPS) is 10.8. The Bertz CT molecular complexity index is 938. The van der Waals surface area contributed by atoms with E-state index < -0.39 is 0 Å². The van der Waals surface area contributed by atoms with Crippen molar-refractivity contribution in [1.82, 2.24) is 0 Å². The van der Waals surface area contributed by atoms with Gasteiger partial charge >= 0.3 is 0 Å². The first-order valence-electron chi connectivity index (χ1n) is 7.93. The number of phenols is 1. The molecule has 0 amide bonds. The van der Waals surface area contributed by atoms with Crippen LogP contribution in [-0.2, 0) is 0 Å². The SMILES string of the molecule is COc1cc(-c2ccc(N=Nc3ccc(O)cc3)c(OC)c2)ccc1N. The summed E-state index contributed by atoms with van der Waals surface area (Å²) in [6.45, 7) is 0. The van der Waals surface area contributed by atoms with Gasteiger partial charge in [0.15, 0.2) is 0 Å². The Hall–Kier alpha value is -3.54. The lowest BCUT2D eigenvalue weighted by Gasteiger charge is -2.10. The van der Waals surface area contributed by atoms with Crippen LogP contribution in [0.1, 0.15) is 0 Å². The predicted molar refractivity (Wildman–Crippen MR) is 102 cm³/mol. The molecular formula is C20H19N3O3. The second-order valence-corrected chi connectivity index (χ2v) is 5.56. The summed E-state index contributed by atoms with van der Waals surface area (Å²) in [7, 11) is 3.17. The number of benzene rings is 3. The lowest BCUT2D eigenvalue weighted by Crippen LogP contribution is -1.92. The van der Waals surface area contributed by atoms with Crippen molar-refractivity contribution in [3.8, 4) is 28.4 Å². The first kappa shape index (κ1) is 17.3. The molecule has 3 rings (SSSR count). The standard InChI is InChI=1S/C20H19N3O3/c1-25-19-11-13(3-9-17(19)21)14-4-10-18(20(12-14)26-2)23-22-15-5-7-16(24)8-6-15/h3-12,24H,21H2,1-2H3. The second kappa shape index (κ2) is 7.57. The van der Waals surface area contributed by atoms with Gasteiger partial charge in [0, 0.05) is 0 Å². The van der Waals surface area contributed by atoms with E-state index in [0.717, 1.165) is 11.1 Å². The summed E-state index contributed by atoms with van der Waals surface area (Å²) >= 11 is 0. The van der Waals surface area contributed by atoms with E-state index in [0.29, 0.717) is 28.6 Å². The van der Waals surface area contributed by atoms with Crippen LogP contribution >= 0.6 is 0 Å². The Balaban J connectivity index is 1.91. The molecule has 0 aliphatic rings. The van der Waals surface area contributed by atoms with Crippen LogP contribution in [0, 0.1) is 0 Å². The molecular weight excluding hydrogens is 330 g/mol. The molecule has 3 aromatic rings. The van der Waals surface area contributed by atoms with Crippen molar-refractivity contribution in [2.45, 2.75) is 0 Å². The molecule has 0 atom stereocenters. The number of nitrogens with zero attached hydrogens (tertiary/aromatic N) is 2. The fourth-order valence-corrected chi connectivity index (χ4v) is 2.46. The van der Waals surface area contributed by atoms with E-state index in [9.17, 15) is 5.11 Å². The summed E-state index contributed by atoms with van der Waals surface area (Å²) < 4.78 is 10.7. The number of hydrogen-bond donors (Lipinski definition) is 2. The highest BCUT2D eigenvalue weighted by Gasteiger charge is 2.08. The molecule has 0 spiro atoms. The van der Waals surface area contributed by atoms with Gasteiger partial charge in [0.25, 0.3) is 0 Å². The van der Waals surface area contributed by atoms with Crippen molar-refractivity contribution in [3.63, 3.8) is 0 Å². The molecule has 0 aliphatic carbocycles. The summed E-state index contributed by atoms with van der Waals surface area (Å²) in [5, 5.41) is 17.7. The third-order valence-electron chi connectivity index (χ3n) is 3.87. The topological polar surface area (TPSA) is 89.4 Å². The lowest BCUT2D eigenvalue weighted by molar-refractivity contribution is 0.415. The number of azo groups is 1. The third-order valence-corrected chi connectivity index (χ3v) is 3.87. The number of phenolic OH excluding ortho intramolecular Hbond substituents is 1. The van der Waals surface area contributed by atoms with Crippen LogP contribution in [0.25, 0.3) is 11.1 Å². The Morgan fingerprint density at radius 3 is 2.04 bits per heavy atom. The molecule has 0 saturated heterocycles. The van der Waals surface area contributed by atoms with Crippen LogP contribution in [0.3, 0.4) is 0 Å². The van der Waals surface area contributed by atoms with Gasteiger partial charge < -0.3 is 20.3 Å². The van der Waals surface area contributed by atoms with E-state index in [2.05, 4.69) is 10.2 Å². The monoisotopic (exact) mass is 349 g/mol. The van der Waals surface area contributed by atoms with Gasteiger partial charge in [-0.2, -0.15) is 5.11 Å². The van der Waals surface area contributed by atoms with Crippen LogP contribution in [-0.4, -0.2) is 19.3 Å². The Morgan fingerprint density at radius 1 is 0.769 bits per heavy atom. The smallest absolute Gasteiger partial charge is 0.146 e. The summed E-state index contributed by atoms with van der Waals surface area (Å²) in [4.78, 5) is 0. The zero-order valence-corrected chi connectivity index (χ0v) is 14.5. The fraction of sp³-hybridized carbons (Fsp3) is 0.100. The van der Waals surface area contributed by atoms with Crippen molar-refractivity contribution >= 4 is 17.1 Å². The van der Waals surface area contributed by atoms with E-state index in [1.54, 1.807) is 44.6 Å². The number of methoxy groups -OCH3 is 2. The van der Waals surface area contributed by atoms with E-state index in [4.69, 9.17) is 15.2 Å². The van der Waals surface area contributed by atoms with Gasteiger partial charge in [-0.25, -0.2) is 0 Å². The predicted octanol–water partition coefficient (Wildman–Crippen LogP) is 5.07. The third kappa shape index (κ3) is 3.75. The van der Waals surface area contributed by atoms with Crippen molar-refractivity contribution < 1.29 is 14.6 Å². The number of rotatable bonds is 5. The number of ether oxygens (including phenoxy) is 2. The minimum atomic E-state index is 0.185. The molecule has 0 heterocycles. The van der Waals surface area contributed by atoms with Crippen molar-refractivity contribution in [2.24, 2.45) is 10.2 Å². The van der Waals surface area contributed by atoms with E-state index >= 15 is 0 Å². The summed E-state index contributed by atoms with van der Waals surface area (Å²) in [5.74, 6) is 1.41. The maximum absolute atomic E-state index is 9.31. The largest absolute Gasteiger partial charge is 0.508 e. The molecule has 26 heavy (non-hydrogen) atoms. The van der Waals surface area contributed by atoms with Gasteiger partial charge in [0.1, 0.15) is 22.9 Å². The van der Waals surface area contributed by atoms with Gasteiger partial charge in [-0.15, -0.1) is 5.11 Å². The Labute approximate surface area is 151 Å². The number of nitrogen functional groups attached to an aromatic ring is 1. The number of nitrogens with two attached hydrogens (primary N) is 1. The molecule has 3 aromatic carbocycles. The molecule has 6 heteroatoms. The highest BCUT2D eigenvalue weighted by Crippen LogP contribution is 2.36. The highest BCUT2D eigenvalue weighted by atomic mass is 16.5. The molecule has 0 unspecified atom stereocenters. The maximum Gasteiger partial charge on any atom is 0.146 e. The molecule has 3 N–H and O–H groups in total. The molecule has 0 aromatic heterocycles. The molecule has 0 fully saturated rings. The first-order valence-corrected chi connectivity index (χ1v) is 7.93. The zero-order valence-electron chi connectivity index (χ0n) is 14.5. The van der Waals surface area contributed by atoms with Crippen molar-refractivity contribution in [2.75, 3.05) is 20.0 Å². The summed E-state index contributed by atoms with van der Waals surface area (Å²) in [5.41, 5.74) is 9.60. The van der Waals surface area contributed by atoms with Gasteiger partial charge in [0.2, 0.25) is 0 Å². The van der Waals surface area contributed by atoms with E-state index in [1.165, 1.54) is 0 Å². The van der Waals surface area contributed by atoms with Gasteiger partial charge in [0.05, 0.1) is 25.6 Å².